The van der Waals surface area contributed by atoms with Gasteiger partial charge < -0.3 is 15.0 Å². The van der Waals surface area contributed by atoms with E-state index in [1.807, 2.05) is 12.1 Å². The Morgan fingerprint density at radius 3 is 2.28 bits per heavy atom. The van der Waals surface area contributed by atoms with Crippen molar-refractivity contribution >= 4 is 47.8 Å². The summed E-state index contributed by atoms with van der Waals surface area (Å²) in [6, 6.07) is 3.94. The molecule has 18 heavy (non-hydrogen) atoms. The molecule has 0 heterocycles. The van der Waals surface area contributed by atoms with Gasteiger partial charge in [-0.25, -0.2) is 0 Å². The van der Waals surface area contributed by atoms with Crippen LogP contribution < -0.4 is 10.1 Å². The molecule has 1 N–H and O–H groups in total. The van der Waals surface area contributed by atoms with Gasteiger partial charge in [-0.05, 0) is 58.1 Å². The second-order valence-corrected chi connectivity index (χ2v) is 6.72. The van der Waals surface area contributed by atoms with E-state index in [1.54, 1.807) is 0 Å². The molecule has 0 fully saturated rings. The lowest BCUT2D eigenvalue weighted by Crippen LogP contribution is -2.29. The minimum atomic E-state index is 0.645. The highest BCUT2D eigenvalue weighted by Crippen LogP contribution is 2.36. The molecular formula is C12H17Br3N2O. The normalized spacial score (nSPS) is 11.0. The van der Waals surface area contributed by atoms with Gasteiger partial charge in [0.05, 0.1) is 8.95 Å². The molecule has 102 valence electrons. The van der Waals surface area contributed by atoms with Gasteiger partial charge in [0.25, 0.3) is 0 Å². The zero-order valence-electron chi connectivity index (χ0n) is 10.5. The lowest BCUT2D eigenvalue weighted by Gasteiger charge is -2.13. The molecule has 1 aromatic carbocycles. The van der Waals surface area contributed by atoms with Crippen LogP contribution in [0.1, 0.15) is 0 Å². The summed E-state index contributed by atoms with van der Waals surface area (Å²) in [4.78, 5) is 2.15. The quantitative estimate of drug-likeness (QED) is 0.651. The molecule has 1 rings (SSSR count). The Morgan fingerprint density at radius 2 is 1.72 bits per heavy atom. The maximum Gasteiger partial charge on any atom is 0.147 e. The van der Waals surface area contributed by atoms with E-state index in [4.69, 9.17) is 4.74 Å². The van der Waals surface area contributed by atoms with Crippen molar-refractivity contribution in [1.82, 2.24) is 10.2 Å². The Bertz CT molecular complexity index is 363. The van der Waals surface area contributed by atoms with Crippen LogP contribution in [-0.4, -0.2) is 45.2 Å². The fourth-order valence-electron chi connectivity index (χ4n) is 1.32. The van der Waals surface area contributed by atoms with Crippen molar-refractivity contribution < 1.29 is 4.74 Å². The Balaban J connectivity index is 2.31. The van der Waals surface area contributed by atoms with Crippen molar-refractivity contribution in [3.05, 3.63) is 25.6 Å². The van der Waals surface area contributed by atoms with Gasteiger partial charge in [-0.15, -0.1) is 0 Å². The largest absolute Gasteiger partial charge is 0.490 e. The molecule has 3 nitrogen and oxygen atoms in total. The molecule has 0 bridgehead atoms. The lowest BCUT2D eigenvalue weighted by atomic mass is 10.3. The standard InChI is InChI=1S/C12H17Br3N2O/c1-17(2)5-3-16-4-6-18-12-10(14)7-9(13)8-11(12)15/h7-8,16H,3-6H2,1-2H3. The van der Waals surface area contributed by atoms with Crippen LogP contribution in [0.25, 0.3) is 0 Å². The van der Waals surface area contributed by atoms with Crippen LogP contribution in [0.2, 0.25) is 0 Å². The number of ether oxygens (including phenoxy) is 1. The number of nitrogens with one attached hydrogen (secondary N) is 1. The third-order valence-corrected chi connectivity index (χ3v) is 3.86. The predicted molar refractivity (Wildman–Crippen MR) is 86.5 cm³/mol. The molecular weight excluding hydrogens is 428 g/mol. The molecule has 0 aliphatic heterocycles. The summed E-state index contributed by atoms with van der Waals surface area (Å²) in [5, 5.41) is 3.33. The van der Waals surface area contributed by atoms with E-state index in [0.29, 0.717) is 6.61 Å². The molecule has 0 aromatic heterocycles. The fraction of sp³-hybridized carbons (Fsp3) is 0.500. The van der Waals surface area contributed by atoms with E-state index >= 15 is 0 Å². The number of nitrogens with zero attached hydrogens (tertiary/aromatic N) is 1. The first-order valence-corrected chi connectivity index (χ1v) is 8.01. The number of rotatable bonds is 7. The smallest absolute Gasteiger partial charge is 0.147 e. The SMILES string of the molecule is CN(C)CCNCCOc1c(Br)cc(Br)cc1Br. The minimum absolute atomic E-state index is 0.645. The van der Waals surface area contributed by atoms with E-state index < -0.39 is 0 Å². The van der Waals surface area contributed by atoms with Gasteiger partial charge in [-0.2, -0.15) is 0 Å². The molecule has 0 saturated heterocycles. The number of likely N-dealkylation sites (N-methyl/N-ethyl adjacent to an activating group) is 1. The predicted octanol–water partition coefficient (Wildman–Crippen LogP) is 3.50. The molecule has 0 unspecified atom stereocenters. The van der Waals surface area contributed by atoms with Gasteiger partial charge in [0.15, 0.2) is 0 Å². The van der Waals surface area contributed by atoms with E-state index in [2.05, 4.69) is 72.1 Å². The van der Waals surface area contributed by atoms with Crippen molar-refractivity contribution in [3.8, 4) is 5.75 Å². The fourth-order valence-corrected chi connectivity index (χ4v) is 3.81. The van der Waals surface area contributed by atoms with Gasteiger partial charge in [-0.3, -0.25) is 0 Å². The maximum absolute atomic E-state index is 5.74. The first-order valence-electron chi connectivity index (χ1n) is 5.63. The van der Waals surface area contributed by atoms with Crippen molar-refractivity contribution in [3.63, 3.8) is 0 Å². The van der Waals surface area contributed by atoms with Crippen LogP contribution >= 0.6 is 47.8 Å². The third kappa shape index (κ3) is 6.02. The summed E-state index contributed by atoms with van der Waals surface area (Å²) in [5.41, 5.74) is 0. The summed E-state index contributed by atoms with van der Waals surface area (Å²) in [6.07, 6.45) is 0. The number of benzene rings is 1. The summed E-state index contributed by atoms with van der Waals surface area (Å²) < 4.78 is 8.63. The average molecular weight is 445 g/mol. The van der Waals surface area contributed by atoms with Crippen molar-refractivity contribution in [2.24, 2.45) is 0 Å². The first-order chi connectivity index (χ1) is 8.50. The Morgan fingerprint density at radius 1 is 1.11 bits per heavy atom. The molecule has 6 heteroatoms. The second-order valence-electron chi connectivity index (χ2n) is 4.10. The van der Waals surface area contributed by atoms with Crippen LogP contribution in [0, 0.1) is 0 Å². The highest BCUT2D eigenvalue weighted by atomic mass is 79.9. The first kappa shape index (κ1) is 16.4. The summed E-state index contributed by atoms with van der Waals surface area (Å²) in [6.45, 7) is 3.49. The monoisotopic (exact) mass is 442 g/mol. The molecule has 0 spiro atoms. The van der Waals surface area contributed by atoms with E-state index in [-0.39, 0.29) is 0 Å². The van der Waals surface area contributed by atoms with Gasteiger partial charge in [0, 0.05) is 24.1 Å². The van der Waals surface area contributed by atoms with Gasteiger partial charge in [0.2, 0.25) is 0 Å². The van der Waals surface area contributed by atoms with Crippen LogP contribution in [0.4, 0.5) is 0 Å². The molecule has 0 amide bonds. The Kier molecular flexibility index (Phi) is 7.79. The molecule has 0 radical (unpaired) electrons. The Labute approximate surface area is 134 Å². The molecule has 0 aliphatic rings. The van der Waals surface area contributed by atoms with Gasteiger partial charge >= 0.3 is 0 Å². The highest BCUT2D eigenvalue weighted by molar-refractivity contribution is 9.11. The van der Waals surface area contributed by atoms with Gasteiger partial charge in [0.1, 0.15) is 12.4 Å². The van der Waals surface area contributed by atoms with Crippen molar-refractivity contribution in [1.29, 1.82) is 0 Å². The zero-order chi connectivity index (χ0) is 13.5. The zero-order valence-corrected chi connectivity index (χ0v) is 15.2. The number of hydrogen-bond acceptors (Lipinski definition) is 3. The van der Waals surface area contributed by atoms with Crippen LogP contribution in [0.5, 0.6) is 5.75 Å². The van der Waals surface area contributed by atoms with Gasteiger partial charge in [-0.1, -0.05) is 15.9 Å². The summed E-state index contributed by atoms with van der Waals surface area (Å²) in [5.74, 6) is 0.840. The third-order valence-electron chi connectivity index (χ3n) is 2.22. The Hall–Kier alpha value is 0.380. The van der Waals surface area contributed by atoms with Crippen molar-refractivity contribution in [2.75, 3.05) is 40.3 Å². The van der Waals surface area contributed by atoms with E-state index in [1.165, 1.54) is 0 Å². The molecule has 0 atom stereocenters. The second kappa shape index (κ2) is 8.53. The molecule has 1 aromatic rings. The van der Waals surface area contributed by atoms with Crippen LogP contribution in [0.3, 0.4) is 0 Å². The van der Waals surface area contributed by atoms with E-state index in [9.17, 15) is 0 Å². The average Bonchev–Trinajstić information content (AvgIpc) is 2.25. The highest BCUT2D eigenvalue weighted by Gasteiger charge is 2.07. The van der Waals surface area contributed by atoms with E-state index in [0.717, 1.165) is 38.8 Å². The molecule has 0 aliphatic carbocycles. The van der Waals surface area contributed by atoms with Crippen LogP contribution in [-0.2, 0) is 0 Å². The maximum atomic E-state index is 5.74. The van der Waals surface area contributed by atoms with Crippen LogP contribution in [0.15, 0.2) is 25.6 Å². The number of hydrogen-bond donors (Lipinski definition) is 1. The minimum Gasteiger partial charge on any atom is -0.490 e. The molecule has 0 saturated carbocycles. The lowest BCUT2D eigenvalue weighted by molar-refractivity contribution is 0.305. The number of halogens is 3. The van der Waals surface area contributed by atoms with Crippen molar-refractivity contribution in [2.45, 2.75) is 0 Å². The summed E-state index contributed by atoms with van der Waals surface area (Å²) >= 11 is 10.4. The summed E-state index contributed by atoms with van der Waals surface area (Å²) in [7, 11) is 4.13. The topological polar surface area (TPSA) is 24.5 Å².